The maximum absolute atomic E-state index is 13.3. The highest BCUT2D eigenvalue weighted by atomic mass is 19.1. The molecule has 1 fully saturated rings. The monoisotopic (exact) mass is 364 g/mol. The Morgan fingerprint density at radius 1 is 1.07 bits per heavy atom. The third-order valence-electron chi connectivity index (χ3n) is 4.81. The Bertz CT molecular complexity index is 951. The first-order chi connectivity index (χ1) is 13.1. The zero-order valence-electron chi connectivity index (χ0n) is 15.2. The average Bonchev–Trinajstić information content (AvgIpc) is 3.10. The topological polar surface area (TPSA) is 41.4 Å². The van der Waals surface area contributed by atoms with Gasteiger partial charge >= 0.3 is 0 Å². The van der Waals surface area contributed by atoms with Gasteiger partial charge in [-0.05, 0) is 48.9 Å². The number of amides is 1. The lowest BCUT2D eigenvalue weighted by Crippen LogP contribution is -2.50. The number of aryl methyl sites for hydroxylation is 1. The van der Waals surface area contributed by atoms with Crippen LogP contribution in [0.4, 0.5) is 10.1 Å². The van der Waals surface area contributed by atoms with Crippen LogP contribution < -0.4 is 4.90 Å². The summed E-state index contributed by atoms with van der Waals surface area (Å²) in [4.78, 5) is 20.6. The Hall–Kier alpha value is -3.15. The molecule has 0 radical (unpaired) electrons. The van der Waals surface area contributed by atoms with Crippen molar-refractivity contribution < 1.29 is 9.18 Å². The molecule has 5 nitrogen and oxygen atoms in total. The van der Waals surface area contributed by atoms with E-state index in [2.05, 4.69) is 9.88 Å². The molecule has 4 rings (SSSR count). The van der Waals surface area contributed by atoms with Crippen LogP contribution in [0, 0.1) is 12.7 Å². The minimum atomic E-state index is -0.272. The molecule has 138 valence electrons. The van der Waals surface area contributed by atoms with Gasteiger partial charge in [-0.25, -0.2) is 9.37 Å². The Morgan fingerprint density at radius 3 is 2.52 bits per heavy atom. The van der Waals surface area contributed by atoms with E-state index in [1.807, 2.05) is 48.0 Å². The fourth-order valence-corrected chi connectivity index (χ4v) is 3.35. The highest BCUT2D eigenvalue weighted by Crippen LogP contribution is 2.20. The van der Waals surface area contributed by atoms with Crippen molar-refractivity contribution in [2.75, 3.05) is 24.5 Å². The molecule has 0 unspecified atom stereocenters. The molecular weight excluding hydrogens is 343 g/mol. The molecular formula is C21H21FN4O. The lowest BCUT2D eigenvalue weighted by atomic mass is 10.1. The molecule has 2 aromatic carbocycles. The maximum atomic E-state index is 13.3. The summed E-state index contributed by atoms with van der Waals surface area (Å²) < 4.78 is 15.3. The van der Waals surface area contributed by atoms with Crippen LogP contribution in [0.1, 0.15) is 11.3 Å². The molecule has 3 aromatic rings. The van der Waals surface area contributed by atoms with Crippen LogP contribution in [0.5, 0.6) is 0 Å². The van der Waals surface area contributed by atoms with Crippen molar-refractivity contribution >= 4 is 11.6 Å². The molecule has 0 atom stereocenters. The predicted molar refractivity (Wildman–Crippen MR) is 102 cm³/mol. The third-order valence-corrected chi connectivity index (χ3v) is 4.81. The van der Waals surface area contributed by atoms with E-state index in [4.69, 9.17) is 0 Å². The molecule has 1 aromatic heterocycles. The number of benzene rings is 2. The fourth-order valence-electron chi connectivity index (χ4n) is 3.35. The summed E-state index contributed by atoms with van der Waals surface area (Å²) in [5, 5.41) is 0. The predicted octanol–water partition coefficient (Wildman–Crippen LogP) is 3.17. The highest BCUT2D eigenvalue weighted by Gasteiger charge is 2.24. The molecule has 1 amide bonds. The molecule has 0 spiro atoms. The van der Waals surface area contributed by atoms with Crippen LogP contribution in [-0.2, 0) is 11.3 Å². The van der Waals surface area contributed by atoms with Gasteiger partial charge in [-0.1, -0.05) is 12.1 Å². The van der Waals surface area contributed by atoms with Crippen molar-refractivity contribution in [3.63, 3.8) is 0 Å². The van der Waals surface area contributed by atoms with E-state index in [0.717, 1.165) is 29.2 Å². The summed E-state index contributed by atoms with van der Waals surface area (Å²) >= 11 is 0. The van der Waals surface area contributed by atoms with Crippen LogP contribution in [-0.4, -0.2) is 40.0 Å². The Kier molecular flexibility index (Phi) is 4.62. The summed E-state index contributed by atoms with van der Waals surface area (Å²) in [6, 6.07) is 14.5. The molecule has 0 aliphatic carbocycles. The SMILES string of the molecule is Cc1cn(-c2ccc(N3CCN(Cc4cccc(F)c4)C(=O)C3)cc2)cn1. The van der Waals surface area contributed by atoms with Gasteiger partial charge in [-0.15, -0.1) is 0 Å². The van der Waals surface area contributed by atoms with Gasteiger partial charge in [-0.3, -0.25) is 4.79 Å². The van der Waals surface area contributed by atoms with Crippen molar-refractivity contribution in [2.24, 2.45) is 0 Å². The minimum Gasteiger partial charge on any atom is -0.360 e. The van der Waals surface area contributed by atoms with Crippen molar-refractivity contribution in [2.45, 2.75) is 13.5 Å². The van der Waals surface area contributed by atoms with E-state index in [1.54, 1.807) is 17.3 Å². The van der Waals surface area contributed by atoms with Gasteiger partial charge in [0.2, 0.25) is 5.91 Å². The van der Waals surface area contributed by atoms with Crippen LogP contribution in [0.25, 0.3) is 5.69 Å². The molecule has 1 saturated heterocycles. The number of piperazine rings is 1. The second kappa shape index (κ2) is 7.23. The van der Waals surface area contributed by atoms with Gasteiger partial charge in [0.1, 0.15) is 5.82 Å². The molecule has 2 heterocycles. The van der Waals surface area contributed by atoms with E-state index in [9.17, 15) is 9.18 Å². The number of nitrogens with zero attached hydrogens (tertiary/aromatic N) is 4. The van der Waals surface area contributed by atoms with E-state index in [0.29, 0.717) is 19.6 Å². The smallest absolute Gasteiger partial charge is 0.242 e. The van der Waals surface area contributed by atoms with Crippen LogP contribution in [0.2, 0.25) is 0 Å². The number of hydrogen-bond donors (Lipinski definition) is 0. The number of hydrogen-bond acceptors (Lipinski definition) is 3. The second-order valence-electron chi connectivity index (χ2n) is 6.81. The van der Waals surface area contributed by atoms with Gasteiger partial charge in [0.15, 0.2) is 0 Å². The maximum Gasteiger partial charge on any atom is 0.242 e. The van der Waals surface area contributed by atoms with Crippen LogP contribution >= 0.6 is 0 Å². The number of carbonyl (C=O) groups is 1. The van der Waals surface area contributed by atoms with Gasteiger partial charge < -0.3 is 14.4 Å². The Labute approximate surface area is 157 Å². The van der Waals surface area contributed by atoms with E-state index in [-0.39, 0.29) is 11.7 Å². The molecule has 1 aliphatic heterocycles. The molecule has 27 heavy (non-hydrogen) atoms. The number of anilines is 1. The molecule has 0 bridgehead atoms. The van der Waals surface area contributed by atoms with E-state index in [1.165, 1.54) is 12.1 Å². The van der Waals surface area contributed by atoms with E-state index < -0.39 is 0 Å². The molecule has 0 saturated carbocycles. The quantitative estimate of drug-likeness (QED) is 0.714. The molecule has 6 heteroatoms. The first kappa shape index (κ1) is 17.3. The normalized spacial score (nSPS) is 14.7. The molecule has 0 N–H and O–H groups in total. The van der Waals surface area contributed by atoms with Crippen molar-refractivity contribution in [3.8, 4) is 5.69 Å². The lowest BCUT2D eigenvalue weighted by Gasteiger charge is -2.35. The summed E-state index contributed by atoms with van der Waals surface area (Å²) in [6.45, 7) is 4.12. The summed E-state index contributed by atoms with van der Waals surface area (Å²) in [7, 11) is 0. The minimum absolute atomic E-state index is 0.0554. The average molecular weight is 364 g/mol. The van der Waals surface area contributed by atoms with Gasteiger partial charge in [-0.2, -0.15) is 0 Å². The summed E-state index contributed by atoms with van der Waals surface area (Å²) in [5.41, 5.74) is 3.85. The van der Waals surface area contributed by atoms with Gasteiger partial charge in [0.25, 0.3) is 0 Å². The number of rotatable bonds is 4. The third kappa shape index (κ3) is 3.84. The standard InChI is InChI=1S/C21H21FN4O/c1-16-12-26(15-23-16)20-7-5-19(6-8-20)24-9-10-25(21(27)14-24)13-17-3-2-4-18(22)11-17/h2-8,11-12,15H,9-10,13-14H2,1H3. The number of halogens is 1. The van der Waals surface area contributed by atoms with Gasteiger partial charge in [0, 0.05) is 37.2 Å². The summed E-state index contributed by atoms with van der Waals surface area (Å²) in [6.07, 6.45) is 3.77. The largest absolute Gasteiger partial charge is 0.360 e. The fraction of sp³-hybridized carbons (Fsp3) is 0.238. The molecule has 1 aliphatic rings. The lowest BCUT2D eigenvalue weighted by molar-refractivity contribution is -0.131. The van der Waals surface area contributed by atoms with Gasteiger partial charge in [0.05, 0.1) is 18.6 Å². The number of imidazole rings is 1. The van der Waals surface area contributed by atoms with Crippen molar-refractivity contribution in [3.05, 3.63) is 78.1 Å². The zero-order chi connectivity index (χ0) is 18.8. The van der Waals surface area contributed by atoms with Crippen molar-refractivity contribution in [1.82, 2.24) is 14.5 Å². The number of carbonyl (C=O) groups excluding carboxylic acids is 1. The van der Waals surface area contributed by atoms with Crippen LogP contribution in [0.15, 0.2) is 61.1 Å². The second-order valence-corrected chi connectivity index (χ2v) is 6.81. The Balaban J connectivity index is 1.41. The Morgan fingerprint density at radius 2 is 1.85 bits per heavy atom. The first-order valence-corrected chi connectivity index (χ1v) is 8.97. The summed E-state index contributed by atoms with van der Waals surface area (Å²) in [5.74, 6) is -0.216. The first-order valence-electron chi connectivity index (χ1n) is 8.97. The van der Waals surface area contributed by atoms with E-state index >= 15 is 0 Å². The van der Waals surface area contributed by atoms with Crippen molar-refractivity contribution in [1.29, 1.82) is 0 Å². The van der Waals surface area contributed by atoms with Crippen LogP contribution in [0.3, 0.4) is 0 Å². The zero-order valence-corrected chi connectivity index (χ0v) is 15.2. The number of aromatic nitrogens is 2. The highest BCUT2D eigenvalue weighted by molar-refractivity contribution is 5.82.